The number of benzene rings is 1. The topological polar surface area (TPSA) is 26.3 Å². The van der Waals surface area contributed by atoms with Crippen molar-refractivity contribution in [2.24, 2.45) is 0 Å². The van der Waals surface area contributed by atoms with Gasteiger partial charge >= 0.3 is 5.97 Å². The van der Waals surface area contributed by atoms with E-state index in [2.05, 4.69) is 0 Å². The molecule has 0 fully saturated rings. The van der Waals surface area contributed by atoms with Gasteiger partial charge in [-0.1, -0.05) is 19.1 Å². The van der Waals surface area contributed by atoms with Crippen molar-refractivity contribution in [2.45, 2.75) is 19.2 Å². The number of aryl methyl sites for hydroxylation is 1. The molecule has 2 nitrogen and oxygen atoms in total. The fourth-order valence-corrected chi connectivity index (χ4v) is 1.48. The molecule has 14 heavy (non-hydrogen) atoms. The van der Waals surface area contributed by atoms with Crippen LogP contribution < -0.4 is 0 Å². The summed E-state index contributed by atoms with van der Waals surface area (Å²) < 4.78 is 4.70. The van der Waals surface area contributed by atoms with E-state index in [4.69, 9.17) is 16.3 Å². The van der Waals surface area contributed by atoms with E-state index in [0.29, 0.717) is 11.4 Å². The highest BCUT2D eigenvalue weighted by atomic mass is 35.5. The molecule has 76 valence electrons. The zero-order valence-corrected chi connectivity index (χ0v) is 9.10. The molecule has 0 saturated heterocycles. The first-order valence-corrected chi connectivity index (χ1v) is 5.02. The lowest BCUT2D eigenvalue weighted by atomic mass is 10.0. The third-order valence-electron chi connectivity index (χ3n) is 2.11. The molecule has 1 rings (SSSR count). The summed E-state index contributed by atoms with van der Waals surface area (Å²) in [5.74, 6) is 0.113. The van der Waals surface area contributed by atoms with Crippen molar-refractivity contribution in [1.29, 1.82) is 0 Å². The molecule has 0 radical (unpaired) electrons. The van der Waals surface area contributed by atoms with Gasteiger partial charge in [-0.05, 0) is 23.6 Å². The predicted octanol–water partition coefficient (Wildman–Crippen LogP) is 2.77. The fraction of sp³-hybridized carbons (Fsp3) is 0.364. The number of hydrogen-bond donors (Lipinski definition) is 0. The Kier molecular flexibility index (Phi) is 3.96. The molecule has 0 aliphatic heterocycles. The van der Waals surface area contributed by atoms with Crippen LogP contribution in [-0.4, -0.2) is 13.1 Å². The zero-order chi connectivity index (χ0) is 10.6. The minimum Gasteiger partial charge on any atom is -0.465 e. The number of halogens is 1. The normalized spacial score (nSPS) is 9.93. The molecular formula is C11H13ClO2. The molecule has 0 aliphatic carbocycles. The van der Waals surface area contributed by atoms with Gasteiger partial charge in [0.2, 0.25) is 0 Å². The molecular weight excluding hydrogens is 200 g/mol. The second kappa shape index (κ2) is 5.01. The molecule has 3 heteroatoms. The highest BCUT2D eigenvalue weighted by Gasteiger charge is 2.10. The number of hydrogen-bond acceptors (Lipinski definition) is 2. The maximum Gasteiger partial charge on any atom is 0.338 e. The maximum atomic E-state index is 11.4. The summed E-state index contributed by atoms with van der Waals surface area (Å²) in [5.41, 5.74) is 2.54. The van der Waals surface area contributed by atoms with Crippen molar-refractivity contribution in [3.63, 3.8) is 0 Å². The van der Waals surface area contributed by atoms with E-state index in [0.717, 1.165) is 17.5 Å². The number of esters is 1. The van der Waals surface area contributed by atoms with E-state index in [9.17, 15) is 4.79 Å². The Morgan fingerprint density at radius 1 is 1.50 bits per heavy atom. The van der Waals surface area contributed by atoms with Gasteiger partial charge in [-0.15, -0.1) is 11.6 Å². The Hall–Kier alpha value is -1.02. The highest BCUT2D eigenvalue weighted by Crippen LogP contribution is 2.15. The smallest absolute Gasteiger partial charge is 0.338 e. The van der Waals surface area contributed by atoms with Crippen LogP contribution in [0.3, 0.4) is 0 Å². The molecule has 0 heterocycles. The van der Waals surface area contributed by atoms with Gasteiger partial charge in [0.15, 0.2) is 0 Å². The largest absolute Gasteiger partial charge is 0.465 e. The molecule has 0 aliphatic rings. The summed E-state index contributed by atoms with van der Waals surface area (Å²) in [6.07, 6.45) is 0.812. The summed E-state index contributed by atoms with van der Waals surface area (Å²) in [5, 5.41) is 0. The van der Waals surface area contributed by atoms with E-state index in [1.165, 1.54) is 7.11 Å². The number of ether oxygens (including phenoxy) is 1. The van der Waals surface area contributed by atoms with Gasteiger partial charge in [0.05, 0.1) is 12.7 Å². The zero-order valence-electron chi connectivity index (χ0n) is 8.34. The van der Waals surface area contributed by atoms with Gasteiger partial charge in [-0.2, -0.15) is 0 Å². The standard InChI is InChI=1S/C11H13ClO2/c1-3-9-5-4-8(7-12)6-10(9)11(13)14-2/h4-6H,3,7H2,1-2H3. The van der Waals surface area contributed by atoms with Crippen LogP contribution in [-0.2, 0) is 17.0 Å². The summed E-state index contributed by atoms with van der Waals surface area (Å²) in [6.45, 7) is 2.00. The Morgan fingerprint density at radius 3 is 2.71 bits per heavy atom. The van der Waals surface area contributed by atoms with E-state index >= 15 is 0 Å². The lowest BCUT2D eigenvalue weighted by Crippen LogP contribution is -2.05. The average Bonchev–Trinajstić information content (AvgIpc) is 2.27. The SMILES string of the molecule is CCc1ccc(CCl)cc1C(=O)OC. The monoisotopic (exact) mass is 212 g/mol. The summed E-state index contributed by atoms with van der Waals surface area (Å²) >= 11 is 5.69. The predicted molar refractivity (Wildman–Crippen MR) is 56.7 cm³/mol. The van der Waals surface area contributed by atoms with E-state index in [1.54, 1.807) is 6.07 Å². The highest BCUT2D eigenvalue weighted by molar-refractivity contribution is 6.17. The number of carbonyl (C=O) groups excluding carboxylic acids is 1. The second-order valence-electron chi connectivity index (χ2n) is 2.97. The van der Waals surface area contributed by atoms with Gasteiger partial charge in [0, 0.05) is 5.88 Å². The van der Waals surface area contributed by atoms with E-state index < -0.39 is 0 Å². The second-order valence-corrected chi connectivity index (χ2v) is 3.24. The van der Waals surface area contributed by atoms with Crippen LogP contribution >= 0.6 is 11.6 Å². The lowest BCUT2D eigenvalue weighted by Gasteiger charge is -2.07. The summed E-state index contributed by atoms with van der Waals surface area (Å²) in [7, 11) is 1.38. The van der Waals surface area contributed by atoms with Crippen LogP contribution in [0.5, 0.6) is 0 Å². The Balaban J connectivity index is 3.14. The Labute approximate surface area is 88.8 Å². The molecule has 0 aromatic heterocycles. The minimum absolute atomic E-state index is 0.297. The van der Waals surface area contributed by atoms with Gasteiger partial charge in [0.1, 0.15) is 0 Å². The van der Waals surface area contributed by atoms with Crippen molar-refractivity contribution in [3.05, 3.63) is 34.9 Å². The molecule has 0 saturated carbocycles. The van der Waals surface area contributed by atoms with Gasteiger partial charge in [-0.3, -0.25) is 0 Å². The molecule has 0 bridgehead atoms. The average molecular weight is 213 g/mol. The van der Waals surface area contributed by atoms with E-state index in [-0.39, 0.29) is 5.97 Å². The van der Waals surface area contributed by atoms with Crippen LogP contribution in [0.25, 0.3) is 0 Å². The van der Waals surface area contributed by atoms with Gasteiger partial charge in [-0.25, -0.2) is 4.79 Å². The number of rotatable bonds is 3. The van der Waals surface area contributed by atoms with Crippen LogP contribution in [0.15, 0.2) is 18.2 Å². The molecule has 0 amide bonds. The van der Waals surface area contributed by atoms with Gasteiger partial charge < -0.3 is 4.74 Å². The van der Waals surface area contributed by atoms with Crippen molar-refractivity contribution < 1.29 is 9.53 Å². The van der Waals surface area contributed by atoms with E-state index in [1.807, 2.05) is 19.1 Å². The molecule has 1 aromatic rings. The minimum atomic E-state index is -0.297. The molecule has 0 atom stereocenters. The maximum absolute atomic E-state index is 11.4. The van der Waals surface area contributed by atoms with Crippen molar-refractivity contribution in [3.8, 4) is 0 Å². The van der Waals surface area contributed by atoms with Crippen molar-refractivity contribution >= 4 is 17.6 Å². The quantitative estimate of drug-likeness (QED) is 0.569. The lowest BCUT2D eigenvalue weighted by molar-refractivity contribution is 0.0599. The van der Waals surface area contributed by atoms with Crippen LogP contribution in [0, 0.1) is 0 Å². The number of carbonyl (C=O) groups is 1. The van der Waals surface area contributed by atoms with Crippen LogP contribution in [0.1, 0.15) is 28.4 Å². The summed E-state index contributed by atoms with van der Waals surface area (Å²) in [4.78, 5) is 11.4. The van der Waals surface area contributed by atoms with Crippen LogP contribution in [0.4, 0.5) is 0 Å². The molecule has 0 N–H and O–H groups in total. The fourth-order valence-electron chi connectivity index (χ4n) is 1.32. The third-order valence-corrected chi connectivity index (χ3v) is 2.42. The first-order chi connectivity index (χ1) is 6.72. The number of alkyl halides is 1. The van der Waals surface area contributed by atoms with Crippen LogP contribution in [0.2, 0.25) is 0 Å². The van der Waals surface area contributed by atoms with Crippen molar-refractivity contribution in [1.82, 2.24) is 0 Å². The molecule has 0 unspecified atom stereocenters. The van der Waals surface area contributed by atoms with Gasteiger partial charge in [0.25, 0.3) is 0 Å². The Bertz CT molecular complexity index is 334. The third kappa shape index (κ3) is 2.26. The molecule has 1 aromatic carbocycles. The van der Waals surface area contributed by atoms with Crippen molar-refractivity contribution in [2.75, 3.05) is 7.11 Å². The Morgan fingerprint density at radius 2 is 2.21 bits per heavy atom. The number of methoxy groups -OCH3 is 1. The first kappa shape index (κ1) is 11.1. The first-order valence-electron chi connectivity index (χ1n) is 4.49. The molecule has 0 spiro atoms. The summed E-state index contributed by atoms with van der Waals surface area (Å²) in [6, 6.07) is 5.64.